The number of hydrogen-bond donors (Lipinski definition) is 2. The lowest BCUT2D eigenvalue weighted by Crippen LogP contribution is -2.45. The molecule has 4 amide bonds. The van der Waals surface area contributed by atoms with Crippen molar-refractivity contribution >= 4 is 29.5 Å². The van der Waals surface area contributed by atoms with Crippen LogP contribution in [0.2, 0.25) is 0 Å². The minimum Gasteiger partial charge on any atom is -0.462 e. The SMILES string of the molecule is CCOC(=O)c1ccccc1NC(=O)CN1C(=O)N[C@](C)(CC(C)C)C1=O. The van der Waals surface area contributed by atoms with Crippen LogP contribution in [-0.4, -0.2) is 47.4 Å². The molecule has 1 saturated heterocycles. The Morgan fingerprint density at radius 3 is 2.56 bits per heavy atom. The van der Waals surface area contributed by atoms with Gasteiger partial charge in [0.25, 0.3) is 5.91 Å². The van der Waals surface area contributed by atoms with Crippen molar-refractivity contribution in [2.24, 2.45) is 5.92 Å². The first-order chi connectivity index (χ1) is 12.7. The Bertz CT molecular complexity index is 761. The van der Waals surface area contributed by atoms with E-state index in [0.29, 0.717) is 6.42 Å². The number of carbonyl (C=O) groups is 4. The zero-order valence-corrected chi connectivity index (χ0v) is 16.0. The average Bonchev–Trinajstić information content (AvgIpc) is 2.77. The van der Waals surface area contributed by atoms with E-state index in [1.165, 1.54) is 6.07 Å². The van der Waals surface area contributed by atoms with Gasteiger partial charge in [-0.3, -0.25) is 14.5 Å². The van der Waals surface area contributed by atoms with Gasteiger partial charge in [-0.05, 0) is 38.3 Å². The van der Waals surface area contributed by atoms with Gasteiger partial charge in [0, 0.05) is 0 Å². The molecule has 1 aliphatic heterocycles. The van der Waals surface area contributed by atoms with Crippen molar-refractivity contribution in [1.82, 2.24) is 10.2 Å². The van der Waals surface area contributed by atoms with E-state index in [1.54, 1.807) is 32.0 Å². The number of nitrogens with one attached hydrogen (secondary N) is 2. The monoisotopic (exact) mass is 375 g/mol. The molecule has 27 heavy (non-hydrogen) atoms. The Morgan fingerprint density at radius 1 is 1.26 bits per heavy atom. The van der Waals surface area contributed by atoms with E-state index in [1.807, 2.05) is 13.8 Å². The van der Waals surface area contributed by atoms with Gasteiger partial charge in [0.2, 0.25) is 5.91 Å². The van der Waals surface area contributed by atoms with Crippen molar-refractivity contribution in [1.29, 1.82) is 0 Å². The van der Waals surface area contributed by atoms with Crippen LogP contribution in [0.1, 0.15) is 44.5 Å². The highest BCUT2D eigenvalue weighted by atomic mass is 16.5. The summed E-state index contributed by atoms with van der Waals surface area (Å²) < 4.78 is 4.96. The molecule has 8 nitrogen and oxygen atoms in total. The second-order valence-corrected chi connectivity index (χ2v) is 7.07. The molecule has 1 aliphatic rings. The van der Waals surface area contributed by atoms with Gasteiger partial charge >= 0.3 is 12.0 Å². The maximum Gasteiger partial charge on any atom is 0.340 e. The molecular formula is C19H25N3O5. The molecule has 0 aliphatic carbocycles. The predicted molar refractivity (Wildman–Crippen MR) is 99.1 cm³/mol. The van der Waals surface area contributed by atoms with Gasteiger partial charge in [-0.15, -0.1) is 0 Å². The maximum absolute atomic E-state index is 12.6. The quantitative estimate of drug-likeness (QED) is 0.561. The summed E-state index contributed by atoms with van der Waals surface area (Å²) in [6.45, 7) is 7.01. The third-order valence-electron chi connectivity index (χ3n) is 4.16. The molecule has 0 bridgehead atoms. The van der Waals surface area contributed by atoms with Gasteiger partial charge in [-0.25, -0.2) is 9.59 Å². The normalized spacial score (nSPS) is 19.2. The number of carbonyl (C=O) groups excluding carboxylic acids is 4. The van der Waals surface area contributed by atoms with Crippen LogP contribution >= 0.6 is 0 Å². The summed E-state index contributed by atoms with van der Waals surface area (Å²) in [5.74, 6) is -1.38. The van der Waals surface area contributed by atoms with Crippen LogP contribution in [0.4, 0.5) is 10.5 Å². The van der Waals surface area contributed by atoms with E-state index in [4.69, 9.17) is 4.74 Å². The van der Waals surface area contributed by atoms with E-state index in [2.05, 4.69) is 10.6 Å². The number of ether oxygens (including phenoxy) is 1. The number of hydrogen-bond acceptors (Lipinski definition) is 5. The Kier molecular flexibility index (Phi) is 6.20. The molecule has 0 radical (unpaired) electrons. The second kappa shape index (κ2) is 8.20. The van der Waals surface area contributed by atoms with Gasteiger partial charge in [-0.1, -0.05) is 26.0 Å². The zero-order chi connectivity index (χ0) is 20.2. The number of esters is 1. The summed E-state index contributed by atoms with van der Waals surface area (Å²) >= 11 is 0. The Morgan fingerprint density at radius 2 is 1.93 bits per heavy atom. The molecule has 0 aromatic heterocycles. The number of imide groups is 1. The average molecular weight is 375 g/mol. The summed E-state index contributed by atoms with van der Waals surface area (Å²) in [5.41, 5.74) is -0.554. The fourth-order valence-corrected chi connectivity index (χ4v) is 3.16. The number of amides is 4. The molecule has 1 heterocycles. The van der Waals surface area contributed by atoms with E-state index in [-0.39, 0.29) is 23.8 Å². The third-order valence-corrected chi connectivity index (χ3v) is 4.16. The topological polar surface area (TPSA) is 105 Å². The highest BCUT2D eigenvalue weighted by Crippen LogP contribution is 2.25. The van der Waals surface area contributed by atoms with Gasteiger partial charge in [0.15, 0.2) is 0 Å². The van der Waals surface area contributed by atoms with Crippen LogP contribution in [0.15, 0.2) is 24.3 Å². The van der Waals surface area contributed by atoms with Crippen molar-refractivity contribution in [3.63, 3.8) is 0 Å². The molecule has 146 valence electrons. The van der Waals surface area contributed by atoms with Crippen molar-refractivity contribution in [2.75, 3.05) is 18.5 Å². The number of rotatable bonds is 7. The van der Waals surface area contributed by atoms with E-state index < -0.39 is 35.9 Å². The minimum atomic E-state index is -1.02. The zero-order valence-electron chi connectivity index (χ0n) is 16.0. The summed E-state index contributed by atoms with van der Waals surface area (Å²) in [5, 5.41) is 5.23. The molecule has 1 atom stereocenters. The number of benzene rings is 1. The van der Waals surface area contributed by atoms with Crippen molar-refractivity contribution in [3.8, 4) is 0 Å². The number of nitrogens with zero attached hydrogens (tertiary/aromatic N) is 1. The summed E-state index contributed by atoms with van der Waals surface area (Å²) in [4.78, 5) is 50.0. The second-order valence-electron chi connectivity index (χ2n) is 7.07. The molecule has 0 unspecified atom stereocenters. The molecular weight excluding hydrogens is 350 g/mol. The smallest absolute Gasteiger partial charge is 0.340 e. The van der Waals surface area contributed by atoms with Crippen molar-refractivity contribution < 1.29 is 23.9 Å². The molecule has 1 aromatic carbocycles. The molecule has 2 rings (SSSR count). The van der Waals surface area contributed by atoms with E-state index in [9.17, 15) is 19.2 Å². The standard InChI is InChI=1S/C19H25N3O5/c1-5-27-16(24)13-8-6-7-9-14(13)20-15(23)11-22-17(25)19(4,10-12(2)3)21-18(22)26/h6-9,12H,5,10-11H2,1-4H3,(H,20,23)(H,21,26)/t19-/m1/s1. The maximum atomic E-state index is 12.6. The molecule has 1 fully saturated rings. The van der Waals surface area contributed by atoms with E-state index >= 15 is 0 Å². The van der Waals surface area contributed by atoms with Crippen LogP contribution in [-0.2, 0) is 14.3 Å². The fraction of sp³-hybridized carbons (Fsp3) is 0.474. The third kappa shape index (κ3) is 4.64. The van der Waals surface area contributed by atoms with Gasteiger partial charge in [0.05, 0.1) is 17.9 Å². The lowest BCUT2D eigenvalue weighted by Gasteiger charge is -2.23. The lowest BCUT2D eigenvalue weighted by molar-refractivity contribution is -0.133. The van der Waals surface area contributed by atoms with E-state index in [0.717, 1.165) is 4.90 Å². The number of urea groups is 1. The van der Waals surface area contributed by atoms with Crippen LogP contribution in [0.5, 0.6) is 0 Å². The highest BCUT2D eigenvalue weighted by Gasteiger charge is 2.48. The highest BCUT2D eigenvalue weighted by molar-refractivity contribution is 6.10. The Labute approximate surface area is 158 Å². The van der Waals surface area contributed by atoms with Crippen LogP contribution in [0.25, 0.3) is 0 Å². The molecule has 8 heteroatoms. The Balaban J connectivity index is 2.10. The van der Waals surface area contributed by atoms with Crippen LogP contribution in [0, 0.1) is 5.92 Å². The predicted octanol–water partition coefficient (Wildman–Crippen LogP) is 2.16. The van der Waals surface area contributed by atoms with Crippen molar-refractivity contribution in [3.05, 3.63) is 29.8 Å². The van der Waals surface area contributed by atoms with Crippen LogP contribution < -0.4 is 10.6 Å². The summed E-state index contributed by atoms with van der Waals surface area (Å²) in [6, 6.07) is 5.79. The van der Waals surface area contributed by atoms with Crippen LogP contribution in [0.3, 0.4) is 0 Å². The molecule has 0 spiro atoms. The number of para-hydroxylation sites is 1. The molecule has 2 N–H and O–H groups in total. The number of anilines is 1. The summed E-state index contributed by atoms with van der Waals surface area (Å²) in [7, 11) is 0. The van der Waals surface area contributed by atoms with Crippen molar-refractivity contribution in [2.45, 2.75) is 39.7 Å². The largest absolute Gasteiger partial charge is 0.462 e. The minimum absolute atomic E-state index is 0.199. The Hall–Kier alpha value is -2.90. The van der Waals surface area contributed by atoms with Gasteiger partial charge in [0.1, 0.15) is 12.1 Å². The first-order valence-corrected chi connectivity index (χ1v) is 8.88. The fourth-order valence-electron chi connectivity index (χ4n) is 3.16. The lowest BCUT2D eigenvalue weighted by atomic mass is 9.91. The summed E-state index contributed by atoms with van der Waals surface area (Å²) in [6.07, 6.45) is 0.474. The molecule has 0 saturated carbocycles. The first kappa shape index (κ1) is 20.4. The van der Waals surface area contributed by atoms with Gasteiger partial charge in [-0.2, -0.15) is 0 Å². The molecule has 1 aromatic rings. The van der Waals surface area contributed by atoms with Gasteiger partial charge < -0.3 is 15.4 Å². The first-order valence-electron chi connectivity index (χ1n) is 8.88.